The second-order valence-electron chi connectivity index (χ2n) is 4.67. The maximum absolute atomic E-state index is 11.6. The number of amides is 1. The Bertz CT molecular complexity index is 480. The summed E-state index contributed by atoms with van der Waals surface area (Å²) in [7, 11) is -3.41. The van der Waals surface area contributed by atoms with E-state index in [0.717, 1.165) is 0 Å². The molecule has 0 aliphatic heterocycles. The van der Waals surface area contributed by atoms with E-state index < -0.39 is 10.0 Å². The van der Waals surface area contributed by atoms with Gasteiger partial charge in [0.1, 0.15) is 5.76 Å². The Hall–Kier alpha value is -1.34. The molecule has 1 rings (SSSR count). The molecule has 19 heavy (non-hydrogen) atoms. The average molecular weight is 288 g/mol. The fraction of sp³-hybridized carbons (Fsp3) is 0.583. The molecule has 1 amide bonds. The van der Waals surface area contributed by atoms with Crippen LogP contribution in [0.3, 0.4) is 0 Å². The van der Waals surface area contributed by atoms with Crippen LogP contribution in [0.25, 0.3) is 0 Å². The lowest BCUT2D eigenvalue weighted by Gasteiger charge is -2.08. The van der Waals surface area contributed by atoms with Crippen LogP contribution in [-0.2, 0) is 21.4 Å². The quantitative estimate of drug-likeness (QED) is 0.742. The molecule has 0 saturated heterocycles. The normalized spacial score (nSPS) is 11.7. The molecule has 6 nitrogen and oxygen atoms in total. The summed E-state index contributed by atoms with van der Waals surface area (Å²) < 4.78 is 30.7. The lowest BCUT2D eigenvalue weighted by atomic mass is 10.1. The predicted octanol–water partition coefficient (Wildman–Crippen LogP) is 0.861. The first-order chi connectivity index (χ1) is 8.89. The summed E-state index contributed by atoms with van der Waals surface area (Å²) in [4.78, 5) is 11.3. The van der Waals surface area contributed by atoms with Crippen LogP contribution >= 0.6 is 0 Å². The molecular weight excluding hydrogens is 268 g/mol. The van der Waals surface area contributed by atoms with Crippen molar-refractivity contribution in [1.82, 2.24) is 10.0 Å². The summed E-state index contributed by atoms with van der Waals surface area (Å²) in [6.45, 7) is 4.09. The topological polar surface area (TPSA) is 88.4 Å². The summed E-state index contributed by atoms with van der Waals surface area (Å²) in [6.07, 6.45) is 1.88. The lowest BCUT2D eigenvalue weighted by molar-refractivity contribution is -0.121. The fourth-order valence-electron chi connectivity index (χ4n) is 1.43. The van der Waals surface area contributed by atoms with E-state index in [1.807, 2.05) is 13.8 Å². The maximum Gasteiger partial charge on any atom is 0.220 e. The van der Waals surface area contributed by atoms with E-state index in [1.165, 1.54) is 6.26 Å². The molecule has 1 aromatic heterocycles. The summed E-state index contributed by atoms with van der Waals surface area (Å²) >= 11 is 0. The highest BCUT2D eigenvalue weighted by Crippen LogP contribution is 2.00. The molecule has 0 radical (unpaired) electrons. The van der Waals surface area contributed by atoms with Crippen molar-refractivity contribution in [2.24, 2.45) is 5.92 Å². The van der Waals surface area contributed by atoms with Crippen molar-refractivity contribution >= 4 is 15.9 Å². The number of furan rings is 1. The van der Waals surface area contributed by atoms with Crippen LogP contribution in [0.1, 0.15) is 26.0 Å². The lowest BCUT2D eigenvalue weighted by Crippen LogP contribution is -2.34. The Morgan fingerprint density at radius 1 is 1.42 bits per heavy atom. The van der Waals surface area contributed by atoms with Crippen LogP contribution in [-0.4, -0.2) is 26.6 Å². The van der Waals surface area contributed by atoms with Gasteiger partial charge in [0.15, 0.2) is 0 Å². The van der Waals surface area contributed by atoms with Crippen molar-refractivity contribution in [1.29, 1.82) is 0 Å². The molecule has 0 fully saturated rings. The van der Waals surface area contributed by atoms with Crippen LogP contribution in [0.5, 0.6) is 0 Å². The highest BCUT2D eigenvalue weighted by molar-refractivity contribution is 7.89. The van der Waals surface area contributed by atoms with Gasteiger partial charge in [0.2, 0.25) is 15.9 Å². The van der Waals surface area contributed by atoms with Crippen molar-refractivity contribution in [2.45, 2.75) is 26.8 Å². The van der Waals surface area contributed by atoms with Crippen LogP contribution in [0.2, 0.25) is 0 Å². The molecule has 0 atom stereocenters. The third-order valence-corrected chi connectivity index (χ3v) is 3.66. The van der Waals surface area contributed by atoms with Crippen LogP contribution in [0, 0.1) is 5.92 Å². The molecule has 0 aliphatic carbocycles. The SMILES string of the molecule is CC(C)CC(=O)NCCS(=O)(=O)NCc1ccco1. The van der Waals surface area contributed by atoms with E-state index in [0.29, 0.717) is 12.2 Å². The number of carbonyl (C=O) groups excluding carboxylic acids is 1. The van der Waals surface area contributed by atoms with Crippen LogP contribution in [0.4, 0.5) is 0 Å². The zero-order valence-corrected chi connectivity index (χ0v) is 12.0. The second kappa shape index (κ2) is 7.30. The smallest absolute Gasteiger partial charge is 0.220 e. The Morgan fingerprint density at radius 3 is 2.74 bits per heavy atom. The summed E-state index contributed by atoms with van der Waals surface area (Å²) in [5, 5.41) is 2.58. The fourth-order valence-corrected chi connectivity index (χ4v) is 2.31. The first-order valence-electron chi connectivity index (χ1n) is 6.15. The van der Waals surface area contributed by atoms with Gasteiger partial charge in [-0.2, -0.15) is 0 Å². The zero-order valence-electron chi connectivity index (χ0n) is 11.2. The van der Waals surface area contributed by atoms with E-state index in [9.17, 15) is 13.2 Å². The van der Waals surface area contributed by atoms with Gasteiger partial charge < -0.3 is 9.73 Å². The van der Waals surface area contributed by atoms with Crippen LogP contribution < -0.4 is 10.0 Å². The first-order valence-corrected chi connectivity index (χ1v) is 7.80. The van der Waals surface area contributed by atoms with Crippen molar-refractivity contribution in [3.8, 4) is 0 Å². The van der Waals surface area contributed by atoms with Crippen molar-refractivity contribution in [3.63, 3.8) is 0 Å². The number of hydrogen-bond acceptors (Lipinski definition) is 4. The van der Waals surface area contributed by atoms with Gasteiger partial charge in [0.25, 0.3) is 0 Å². The number of hydrogen-bond donors (Lipinski definition) is 2. The Balaban J connectivity index is 2.25. The summed E-state index contributed by atoms with van der Waals surface area (Å²) in [5.74, 6) is 0.537. The summed E-state index contributed by atoms with van der Waals surface area (Å²) in [5.41, 5.74) is 0. The van der Waals surface area contributed by atoms with Crippen LogP contribution in [0.15, 0.2) is 22.8 Å². The van der Waals surface area contributed by atoms with Gasteiger partial charge in [-0.05, 0) is 18.1 Å². The van der Waals surface area contributed by atoms with E-state index >= 15 is 0 Å². The Labute approximate surface area is 113 Å². The highest BCUT2D eigenvalue weighted by atomic mass is 32.2. The molecule has 0 aromatic carbocycles. The minimum atomic E-state index is -3.41. The minimum Gasteiger partial charge on any atom is -0.468 e. The number of carbonyl (C=O) groups is 1. The molecule has 0 spiro atoms. The summed E-state index contributed by atoms with van der Waals surface area (Å²) in [6, 6.07) is 3.38. The second-order valence-corrected chi connectivity index (χ2v) is 6.59. The van der Waals surface area contributed by atoms with E-state index in [2.05, 4.69) is 10.0 Å². The van der Waals surface area contributed by atoms with Gasteiger partial charge in [-0.1, -0.05) is 13.8 Å². The number of nitrogens with one attached hydrogen (secondary N) is 2. The molecule has 7 heteroatoms. The van der Waals surface area contributed by atoms with E-state index in [1.54, 1.807) is 12.1 Å². The predicted molar refractivity (Wildman–Crippen MR) is 71.8 cm³/mol. The van der Waals surface area contributed by atoms with Gasteiger partial charge in [0, 0.05) is 13.0 Å². The molecule has 1 aromatic rings. The number of rotatable bonds is 8. The van der Waals surface area contributed by atoms with Crippen molar-refractivity contribution < 1.29 is 17.6 Å². The first kappa shape index (κ1) is 15.7. The Kier molecular flexibility index (Phi) is 6.04. The van der Waals surface area contributed by atoms with Gasteiger partial charge in [-0.25, -0.2) is 13.1 Å². The van der Waals surface area contributed by atoms with Gasteiger partial charge in [-0.15, -0.1) is 0 Å². The number of sulfonamides is 1. The van der Waals surface area contributed by atoms with E-state index in [4.69, 9.17) is 4.42 Å². The third kappa shape index (κ3) is 6.97. The van der Waals surface area contributed by atoms with Gasteiger partial charge in [-0.3, -0.25) is 4.79 Å². The minimum absolute atomic E-state index is 0.110. The Morgan fingerprint density at radius 2 is 2.16 bits per heavy atom. The third-order valence-electron chi connectivity index (χ3n) is 2.33. The maximum atomic E-state index is 11.6. The average Bonchev–Trinajstić information content (AvgIpc) is 2.78. The molecule has 1 heterocycles. The van der Waals surface area contributed by atoms with Gasteiger partial charge >= 0.3 is 0 Å². The molecule has 108 valence electrons. The molecule has 2 N–H and O–H groups in total. The standard InChI is InChI=1S/C12H20N2O4S/c1-10(2)8-12(15)13-5-7-19(16,17)14-9-11-4-3-6-18-11/h3-4,6,10,14H,5,7-9H2,1-2H3,(H,13,15). The molecule has 0 saturated carbocycles. The van der Waals surface area contributed by atoms with E-state index in [-0.39, 0.29) is 30.7 Å². The molecule has 0 aliphatic rings. The molecular formula is C12H20N2O4S. The molecule has 0 bridgehead atoms. The highest BCUT2D eigenvalue weighted by Gasteiger charge is 2.12. The molecule has 0 unspecified atom stereocenters. The largest absolute Gasteiger partial charge is 0.468 e. The van der Waals surface area contributed by atoms with Crippen molar-refractivity contribution in [3.05, 3.63) is 24.2 Å². The van der Waals surface area contributed by atoms with Crippen molar-refractivity contribution in [2.75, 3.05) is 12.3 Å². The van der Waals surface area contributed by atoms with Gasteiger partial charge in [0.05, 0.1) is 18.6 Å². The zero-order chi connectivity index (χ0) is 14.3. The monoisotopic (exact) mass is 288 g/mol.